The number of hydrogen-bond acceptors (Lipinski definition) is 3. The summed E-state index contributed by atoms with van der Waals surface area (Å²) in [7, 11) is 0. The quantitative estimate of drug-likeness (QED) is 0.637. The number of pyridine rings is 1. The van der Waals surface area contributed by atoms with Crippen molar-refractivity contribution in [1.82, 2.24) is 14.5 Å². The van der Waals surface area contributed by atoms with Crippen LogP contribution in [0, 0.1) is 0 Å². The SMILES string of the molecule is NCCCCn1cnc2nc(Cl)ccc21. The topological polar surface area (TPSA) is 56.7 Å². The molecule has 0 spiro atoms. The van der Waals surface area contributed by atoms with E-state index in [1.165, 1.54) is 0 Å². The molecule has 0 bridgehead atoms. The van der Waals surface area contributed by atoms with Crippen LogP contribution in [0.3, 0.4) is 0 Å². The summed E-state index contributed by atoms with van der Waals surface area (Å²) in [4.78, 5) is 8.33. The molecule has 4 nitrogen and oxygen atoms in total. The van der Waals surface area contributed by atoms with E-state index >= 15 is 0 Å². The first-order chi connectivity index (χ1) is 7.31. The Morgan fingerprint density at radius 1 is 1.33 bits per heavy atom. The summed E-state index contributed by atoms with van der Waals surface area (Å²) in [5.74, 6) is 0. The first kappa shape index (κ1) is 10.4. The van der Waals surface area contributed by atoms with Crippen molar-refractivity contribution >= 4 is 22.8 Å². The summed E-state index contributed by atoms with van der Waals surface area (Å²) in [5.41, 5.74) is 7.17. The van der Waals surface area contributed by atoms with Gasteiger partial charge >= 0.3 is 0 Å². The number of rotatable bonds is 4. The highest BCUT2D eigenvalue weighted by Crippen LogP contribution is 2.14. The van der Waals surface area contributed by atoms with Crippen LogP contribution in [0.25, 0.3) is 11.2 Å². The summed E-state index contributed by atoms with van der Waals surface area (Å²) in [5, 5.41) is 0.481. The maximum atomic E-state index is 5.78. The summed E-state index contributed by atoms with van der Waals surface area (Å²) < 4.78 is 2.08. The fourth-order valence-corrected chi connectivity index (χ4v) is 1.67. The Morgan fingerprint density at radius 2 is 2.20 bits per heavy atom. The van der Waals surface area contributed by atoms with Crippen LogP contribution in [-0.4, -0.2) is 21.1 Å². The van der Waals surface area contributed by atoms with Gasteiger partial charge in [0, 0.05) is 6.54 Å². The summed E-state index contributed by atoms with van der Waals surface area (Å²) in [6.45, 7) is 1.66. The van der Waals surface area contributed by atoms with Crippen LogP contribution in [0.4, 0.5) is 0 Å². The Hall–Kier alpha value is -1.13. The molecule has 2 rings (SSSR count). The predicted molar refractivity (Wildman–Crippen MR) is 60.8 cm³/mol. The van der Waals surface area contributed by atoms with Gasteiger partial charge in [-0.1, -0.05) is 11.6 Å². The molecule has 2 N–H and O–H groups in total. The Bertz CT molecular complexity index is 452. The number of aryl methyl sites for hydroxylation is 1. The van der Waals surface area contributed by atoms with Crippen LogP contribution >= 0.6 is 11.6 Å². The predicted octanol–water partition coefficient (Wildman–Crippen LogP) is 1.82. The summed E-state index contributed by atoms with van der Waals surface area (Å²) in [6.07, 6.45) is 3.88. The highest BCUT2D eigenvalue weighted by Gasteiger charge is 2.03. The van der Waals surface area contributed by atoms with Crippen LogP contribution in [0.1, 0.15) is 12.8 Å². The van der Waals surface area contributed by atoms with Gasteiger partial charge in [-0.05, 0) is 31.5 Å². The highest BCUT2D eigenvalue weighted by atomic mass is 35.5. The second-order valence-corrected chi connectivity index (χ2v) is 3.80. The second kappa shape index (κ2) is 4.59. The maximum absolute atomic E-state index is 5.78. The number of aromatic nitrogens is 3. The molecule has 2 aromatic rings. The van der Waals surface area contributed by atoms with Gasteiger partial charge in [-0.25, -0.2) is 9.97 Å². The minimum Gasteiger partial charge on any atom is -0.330 e. The van der Waals surface area contributed by atoms with E-state index < -0.39 is 0 Å². The van der Waals surface area contributed by atoms with Gasteiger partial charge in [0.05, 0.1) is 11.8 Å². The van der Waals surface area contributed by atoms with Crippen molar-refractivity contribution in [3.8, 4) is 0 Å². The molecule has 0 fully saturated rings. The van der Waals surface area contributed by atoms with Gasteiger partial charge in [-0.15, -0.1) is 0 Å². The Morgan fingerprint density at radius 3 is 3.00 bits per heavy atom. The van der Waals surface area contributed by atoms with E-state index in [9.17, 15) is 0 Å². The number of imidazole rings is 1. The van der Waals surface area contributed by atoms with Gasteiger partial charge in [0.2, 0.25) is 0 Å². The van der Waals surface area contributed by atoms with Crippen molar-refractivity contribution in [3.05, 3.63) is 23.6 Å². The fourth-order valence-electron chi connectivity index (χ4n) is 1.53. The Kier molecular flexibility index (Phi) is 3.18. The van der Waals surface area contributed by atoms with E-state index in [-0.39, 0.29) is 0 Å². The molecule has 2 heterocycles. The molecule has 0 aliphatic rings. The highest BCUT2D eigenvalue weighted by molar-refractivity contribution is 6.29. The number of nitrogens with two attached hydrogens (primary N) is 1. The average molecular weight is 225 g/mol. The molecular weight excluding hydrogens is 212 g/mol. The third-order valence-corrected chi connectivity index (χ3v) is 2.51. The van der Waals surface area contributed by atoms with Crippen molar-refractivity contribution in [2.24, 2.45) is 5.73 Å². The standard InChI is InChI=1S/C10H13ClN4/c11-9-4-3-8-10(14-9)13-7-15(8)6-2-1-5-12/h3-4,7H,1-2,5-6,12H2. The van der Waals surface area contributed by atoms with Crippen molar-refractivity contribution in [2.75, 3.05) is 6.54 Å². The van der Waals surface area contributed by atoms with Crippen LogP contribution in [0.2, 0.25) is 5.15 Å². The smallest absolute Gasteiger partial charge is 0.179 e. The lowest BCUT2D eigenvalue weighted by molar-refractivity contribution is 0.627. The Labute approximate surface area is 93.1 Å². The molecular formula is C10H13ClN4. The van der Waals surface area contributed by atoms with Crippen molar-refractivity contribution in [3.63, 3.8) is 0 Å². The zero-order valence-corrected chi connectivity index (χ0v) is 9.11. The molecule has 0 aromatic carbocycles. The van der Waals surface area contributed by atoms with E-state index in [1.54, 1.807) is 12.4 Å². The summed E-state index contributed by atoms with van der Waals surface area (Å²) >= 11 is 5.78. The van der Waals surface area contributed by atoms with Crippen LogP contribution in [0.5, 0.6) is 0 Å². The lowest BCUT2D eigenvalue weighted by atomic mass is 10.3. The zero-order chi connectivity index (χ0) is 10.7. The second-order valence-electron chi connectivity index (χ2n) is 3.41. The van der Waals surface area contributed by atoms with E-state index in [4.69, 9.17) is 17.3 Å². The number of fused-ring (bicyclic) bond motifs is 1. The van der Waals surface area contributed by atoms with Crippen LogP contribution in [0.15, 0.2) is 18.5 Å². The molecule has 15 heavy (non-hydrogen) atoms. The Balaban J connectivity index is 2.21. The minimum absolute atomic E-state index is 0.481. The van der Waals surface area contributed by atoms with Crippen molar-refractivity contribution in [2.45, 2.75) is 19.4 Å². The molecule has 0 radical (unpaired) electrons. The minimum atomic E-state index is 0.481. The largest absolute Gasteiger partial charge is 0.330 e. The molecule has 0 aliphatic heterocycles. The molecule has 0 aliphatic carbocycles. The third-order valence-electron chi connectivity index (χ3n) is 2.30. The number of unbranched alkanes of at least 4 members (excludes halogenated alkanes) is 1. The summed E-state index contributed by atoms with van der Waals surface area (Å²) in [6, 6.07) is 3.73. The molecule has 0 atom stereocenters. The van der Waals surface area contributed by atoms with Gasteiger partial charge in [-0.2, -0.15) is 0 Å². The average Bonchev–Trinajstić information content (AvgIpc) is 2.61. The molecule has 80 valence electrons. The molecule has 0 amide bonds. The molecule has 0 saturated heterocycles. The van der Waals surface area contributed by atoms with Crippen molar-refractivity contribution < 1.29 is 0 Å². The normalized spacial score (nSPS) is 11.1. The third kappa shape index (κ3) is 2.27. The first-order valence-electron chi connectivity index (χ1n) is 4.98. The maximum Gasteiger partial charge on any atom is 0.179 e. The molecule has 2 aromatic heterocycles. The van der Waals surface area contributed by atoms with Crippen molar-refractivity contribution in [1.29, 1.82) is 0 Å². The van der Waals surface area contributed by atoms with Gasteiger partial charge in [-0.3, -0.25) is 0 Å². The van der Waals surface area contributed by atoms with E-state index in [0.29, 0.717) is 10.8 Å². The van der Waals surface area contributed by atoms with Crippen LogP contribution in [-0.2, 0) is 6.54 Å². The van der Waals surface area contributed by atoms with Gasteiger partial charge in [0.25, 0.3) is 0 Å². The van der Waals surface area contributed by atoms with E-state index in [0.717, 1.165) is 31.4 Å². The number of hydrogen-bond donors (Lipinski definition) is 1. The number of halogens is 1. The molecule has 5 heteroatoms. The van der Waals surface area contributed by atoms with Gasteiger partial charge < -0.3 is 10.3 Å². The van der Waals surface area contributed by atoms with E-state index in [1.807, 2.05) is 6.07 Å². The first-order valence-corrected chi connectivity index (χ1v) is 5.36. The molecule has 0 unspecified atom stereocenters. The lowest BCUT2D eigenvalue weighted by Gasteiger charge is -2.02. The lowest BCUT2D eigenvalue weighted by Crippen LogP contribution is -2.02. The molecule has 0 saturated carbocycles. The fraction of sp³-hybridized carbons (Fsp3) is 0.400. The van der Waals surface area contributed by atoms with E-state index in [2.05, 4.69) is 14.5 Å². The van der Waals surface area contributed by atoms with Gasteiger partial charge in [0.1, 0.15) is 5.15 Å². The van der Waals surface area contributed by atoms with Crippen LogP contribution < -0.4 is 5.73 Å². The number of nitrogens with zero attached hydrogens (tertiary/aromatic N) is 3. The van der Waals surface area contributed by atoms with Gasteiger partial charge in [0.15, 0.2) is 5.65 Å². The zero-order valence-electron chi connectivity index (χ0n) is 8.36. The monoisotopic (exact) mass is 224 g/mol.